The predicted octanol–water partition coefficient (Wildman–Crippen LogP) is 4.53. The first-order chi connectivity index (χ1) is 12.5. The molecule has 134 valence electrons. The summed E-state index contributed by atoms with van der Waals surface area (Å²) in [5.41, 5.74) is 2.59. The monoisotopic (exact) mass is 372 g/mol. The number of rotatable bonds is 5. The van der Waals surface area contributed by atoms with Gasteiger partial charge in [0, 0.05) is 10.9 Å². The van der Waals surface area contributed by atoms with E-state index in [9.17, 15) is 9.18 Å². The predicted molar refractivity (Wildman–Crippen MR) is 99.7 cm³/mol. The summed E-state index contributed by atoms with van der Waals surface area (Å²) in [5.74, 6) is -1.03. The van der Waals surface area contributed by atoms with E-state index in [1.165, 1.54) is 31.6 Å². The van der Waals surface area contributed by atoms with Crippen LogP contribution in [-0.4, -0.2) is 25.1 Å². The highest BCUT2D eigenvalue weighted by Crippen LogP contribution is 2.34. The lowest BCUT2D eigenvalue weighted by Crippen LogP contribution is -2.15. The zero-order chi connectivity index (χ0) is 18.7. The van der Waals surface area contributed by atoms with Crippen LogP contribution in [0.3, 0.4) is 0 Å². The lowest BCUT2D eigenvalue weighted by molar-refractivity contribution is 0.101. The van der Waals surface area contributed by atoms with Gasteiger partial charge in [-0.15, -0.1) is 11.3 Å². The van der Waals surface area contributed by atoms with E-state index in [2.05, 4.69) is 10.3 Å². The minimum Gasteiger partial charge on any atom is -0.493 e. The molecule has 2 aromatic carbocycles. The highest BCUT2D eigenvalue weighted by molar-refractivity contribution is 7.14. The number of anilines is 1. The Bertz CT molecular complexity index is 956. The summed E-state index contributed by atoms with van der Waals surface area (Å²) in [6.07, 6.45) is 0. The van der Waals surface area contributed by atoms with Gasteiger partial charge >= 0.3 is 0 Å². The number of benzene rings is 2. The van der Waals surface area contributed by atoms with Crippen molar-refractivity contribution in [1.29, 1.82) is 0 Å². The van der Waals surface area contributed by atoms with Crippen molar-refractivity contribution in [3.05, 3.63) is 58.7 Å². The van der Waals surface area contributed by atoms with Crippen LogP contribution in [-0.2, 0) is 0 Å². The number of amides is 1. The zero-order valence-electron chi connectivity index (χ0n) is 14.5. The Labute approximate surface area is 154 Å². The van der Waals surface area contributed by atoms with E-state index in [-0.39, 0.29) is 17.1 Å². The van der Waals surface area contributed by atoms with Crippen LogP contribution in [0.4, 0.5) is 9.52 Å². The summed E-state index contributed by atoms with van der Waals surface area (Å²) in [6.45, 7) is 1.99. The van der Waals surface area contributed by atoms with Crippen LogP contribution in [0.1, 0.15) is 15.9 Å². The zero-order valence-corrected chi connectivity index (χ0v) is 15.3. The smallest absolute Gasteiger partial charge is 0.264 e. The van der Waals surface area contributed by atoms with Crippen LogP contribution in [0.15, 0.2) is 41.8 Å². The van der Waals surface area contributed by atoms with Crippen LogP contribution in [0.5, 0.6) is 11.5 Å². The number of aromatic nitrogens is 1. The van der Waals surface area contributed by atoms with Gasteiger partial charge in [0.1, 0.15) is 11.4 Å². The SMILES string of the molecule is COc1ccc(F)c(C(=O)Nc2nc(-c3ccccc3C)cs2)c1OC. The molecule has 1 aromatic heterocycles. The van der Waals surface area contributed by atoms with E-state index in [1.807, 2.05) is 36.6 Å². The fraction of sp³-hybridized carbons (Fsp3) is 0.158. The number of ether oxygens (including phenoxy) is 2. The van der Waals surface area contributed by atoms with Gasteiger partial charge in [-0.1, -0.05) is 24.3 Å². The number of nitrogens with zero attached hydrogens (tertiary/aromatic N) is 1. The van der Waals surface area contributed by atoms with Crippen molar-refractivity contribution >= 4 is 22.4 Å². The normalized spacial score (nSPS) is 10.5. The minimum atomic E-state index is -0.698. The van der Waals surface area contributed by atoms with Crippen LogP contribution < -0.4 is 14.8 Å². The third kappa shape index (κ3) is 3.39. The molecular weight excluding hydrogens is 355 g/mol. The van der Waals surface area contributed by atoms with Gasteiger partial charge in [-0.25, -0.2) is 9.37 Å². The van der Waals surface area contributed by atoms with E-state index in [1.54, 1.807) is 0 Å². The van der Waals surface area contributed by atoms with Crippen molar-refractivity contribution in [2.75, 3.05) is 19.5 Å². The summed E-state index contributed by atoms with van der Waals surface area (Å²) < 4.78 is 24.5. The number of nitrogens with one attached hydrogen (secondary N) is 1. The summed E-state index contributed by atoms with van der Waals surface area (Å²) >= 11 is 1.27. The van der Waals surface area contributed by atoms with E-state index in [0.717, 1.165) is 22.9 Å². The van der Waals surface area contributed by atoms with Crippen molar-refractivity contribution in [2.24, 2.45) is 0 Å². The molecule has 5 nitrogen and oxygen atoms in total. The van der Waals surface area contributed by atoms with Gasteiger partial charge < -0.3 is 9.47 Å². The molecule has 7 heteroatoms. The topological polar surface area (TPSA) is 60.5 Å². The second-order valence-corrected chi connectivity index (χ2v) is 6.32. The molecule has 0 unspecified atom stereocenters. The number of hydrogen-bond donors (Lipinski definition) is 1. The number of methoxy groups -OCH3 is 2. The van der Waals surface area contributed by atoms with Crippen molar-refractivity contribution < 1.29 is 18.7 Å². The Balaban J connectivity index is 1.89. The first-order valence-corrected chi connectivity index (χ1v) is 8.66. The van der Waals surface area contributed by atoms with Gasteiger partial charge in [0.25, 0.3) is 5.91 Å². The molecule has 0 aliphatic rings. The van der Waals surface area contributed by atoms with E-state index >= 15 is 0 Å². The van der Waals surface area contributed by atoms with Crippen molar-refractivity contribution in [2.45, 2.75) is 6.92 Å². The fourth-order valence-electron chi connectivity index (χ4n) is 2.59. The molecular formula is C19H17FN2O3S. The second kappa shape index (κ2) is 7.53. The van der Waals surface area contributed by atoms with Crippen LogP contribution >= 0.6 is 11.3 Å². The number of carbonyl (C=O) groups is 1. The average Bonchev–Trinajstić information content (AvgIpc) is 3.09. The van der Waals surface area contributed by atoms with E-state index in [4.69, 9.17) is 9.47 Å². The maximum Gasteiger partial charge on any atom is 0.264 e. The Kier molecular flexibility index (Phi) is 5.18. The molecule has 0 saturated heterocycles. The summed E-state index contributed by atoms with van der Waals surface area (Å²) in [6, 6.07) is 10.4. The molecule has 0 aliphatic carbocycles. The quantitative estimate of drug-likeness (QED) is 0.715. The fourth-order valence-corrected chi connectivity index (χ4v) is 3.29. The Morgan fingerprint density at radius 3 is 2.62 bits per heavy atom. The highest BCUT2D eigenvalue weighted by atomic mass is 32.1. The lowest BCUT2D eigenvalue weighted by atomic mass is 10.1. The second-order valence-electron chi connectivity index (χ2n) is 5.46. The molecule has 1 N–H and O–H groups in total. The van der Waals surface area contributed by atoms with E-state index < -0.39 is 11.7 Å². The summed E-state index contributed by atoms with van der Waals surface area (Å²) in [7, 11) is 2.78. The maximum atomic E-state index is 14.2. The van der Waals surface area contributed by atoms with Crippen LogP contribution in [0.25, 0.3) is 11.3 Å². The molecule has 0 bridgehead atoms. The Morgan fingerprint density at radius 1 is 1.15 bits per heavy atom. The number of hydrogen-bond acceptors (Lipinski definition) is 5. The molecule has 0 spiro atoms. The highest BCUT2D eigenvalue weighted by Gasteiger charge is 2.23. The van der Waals surface area contributed by atoms with Gasteiger partial charge in [-0.05, 0) is 24.6 Å². The van der Waals surface area contributed by atoms with Crippen LogP contribution in [0.2, 0.25) is 0 Å². The first kappa shape index (κ1) is 17.9. The molecule has 0 aliphatic heterocycles. The van der Waals surface area contributed by atoms with Gasteiger partial charge in [0.15, 0.2) is 16.6 Å². The average molecular weight is 372 g/mol. The van der Waals surface area contributed by atoms with Crippen molar-refractivity contribution in [3.8, 4) is 22.8 Å². The van der Waals surface area contributed by atoms with Gasteiger partial charge in [0.05, 0.1) is 19.9 Å². The van der Waals surface area contributed by atoms with Gasteiger partial charge in [-0.3, -0.25) is 10.1 Å². The molecule has 0 atom stereocenters. The molecule has 0 saturated carbocycles. The molecule has 1 amide bonds. The lowest BCUT2D eigenvalue weighted by Gasteiger charge is -2.12. The summed E-state index contributed by atoms with van der Waals surface area (Å²) in [5, 5.41) is 4.84. The number of thiazole rings is 1. The van der Waals surface area contributed by atoms with E-state index in [0.29, 0.717) is 5.13 Å². The molecule has 1 heterocycles. The third-order valence-electron chi connectivity index (χ3n) is 3.87. The van der Waals surface area contributed by atoms with Crippen molar-refractivity contribution in [1.82, 2.24) is 4.98 Å². The molecule has 0 fully saturated rings. The molecule has 3 aromatic rings. The third-order valence-corrected chi connectivity index (χ3v) is 4.63. The van der Waals surface area contributed by atoms with Crippen molar-refractivity contribution in [3.63, 3.8) is 0 Å². The largest absolute Gasteiger partial charge is 0.493 e. The van der Waals surface area contributed by atoms with Gasteiger partial charge in [-0.2, -0.15) is 0 Å². The number of aryl methyl sites for hydroxylation is 1. The standard InChI is InChI=1S/C19H17FN2O3S/c1-11-6-4-5-7-12(11)14-10-26-19(21-14)22-18(23)16-13(20)8-9-15(24-2)17(16)25-3/h4-10H,1-3H3,(H,21,22,23). The summed E-state index contributed by atoms with van der Waals surface area (Å²) in [4.78, 5) is 17.0. The molecule has 3 rings (SSSR count). The number of halogens is 1. The number of carbonyl (C=O) groups excluding carboxylic acids is 1. The van der Waals surface area contributed by atoms with Crippen LogP contribution in [0, 0.1) is 12.7 Å². The Morgan fingerprint density at radius 2 is 1.92 bits per heavy atom. The minimum absolute atomic E-state index is 0.0423. The molecule has 0 radical (unpaired) electrons. The molecule has 26 heavy (non-hydrogen) atoms. The van der Waals surface area contributed by atoms with Gasteiger partial charge in [0.2, 0.25) is 0 Å². The first-order valence-electron chi connectivity index (χ1n) is 7.78. The Hall–Kier alpha value is -2.93. The maximum absolute atomic E-state index is 14.2.